The summed E-state index contributed by atoms with van der Waals surface area (Å²) in [6.45, 7) is 0. The van der Waals surface area contributed by atoms with Gasteiger partial charge in [-0.2, -0.15) is 4.89 Å². The van der Waals surface area contributed by atoms with Crippen molar-refractivity contribution >= 4 is 11.9 Å². The highest BCUT2D eigenvalue weighted by molar-refractivity contribution is 6.13. The summed E-state index contributed by atoms with van der Waals surface area (Å²) in [6.07, 6.45) is -1.05. The van der Waals surface area contributed by atoms with E-state index in [2.05, 4.69) is 9.62 Å². The van der Waals surface area contributed by atoms with Crippen LogP contribution in [0.25, 0.3) is 0 Å². The van der Waals surface area contributed by atoms with Crippen LogP contribution in [0.3, 0.4) is 0 Å². The van der Waals surface area contributed by atoms with Crippen LogP contribution in [0.15, 0.2) is 48.5 Å². The zero-order chi connectivity index (χ0) is 15.7. The van der Waals surface area contributed by atoms with Gasteiger partial charge in [0.1, 0.15) is 0 Å². The number of fused-ring (bicyclic) bond motifs is 2. The molecule has 0 saturated heterocycles. The molecule has 0 unspecified atom stereocenters. The quantitative estimate of drug-likeness (QED) is 0.397. The van der Waals surface area contributed by atoms with E-state index in [1.807, 2.05) is 0 Å². The Morgan fingerprint density at radius 3 is 1.95 bits per heavy atom. The molecule has 0 radical (unpaired) electrons. The van der Waals surface area contributed by atoms with Gasteiger partial charge in [-0.05, 0) is 0 Å². The lowest BCUT2D eigenvalue weighted by Crippen LogP contribution is -2.41. The Morgan fingerprint density at radius 1 is 1.00 bits per heavy atom. The van der Waals surface area contributed by atoms with Crippen molar-refractivity contribution in [2.24, 2.45) is 0 Å². The molecule has 112 valence electrons. The van der Waals surface area contributed by atoms with E-state index in [-0.39, 0.29) is 28.0 Å². The lowest BCUT2D eigenvalue weighted by molar-refractivity contribution is -0.383. The number of rotatable bonds is 2. The average molecular weight is 300 g/mol. The smallest absolute Gasteiger partial charge is 0.438 e. The minimum atomic E-state index is -1.95. The molecular weight excluding hydrogens is 288 g/mol. The summed E-state index contributed by atoms with van der Waals surface area (Å²) in [5, 5.41) is 9.52. The molecule has 3 rings (SSSR count). The maximum absolute atomic E-state index is 12.6. The number of hydrogen-bond acceptors (Lipinski definition) is 6. The Balaban J connectivity index is 2.31. The third-order valence-corrected chi connectivity index (χ3v) is 3.57. The molecule has 0 spiro atoms. The van der Waals surface area contributed by atoms with E-state index in [4.69, 9.17) is 4.74 Å². The van der Waals surface area contributed by atoms with Crippen LogP contribution in [0.1, 0.15) is 27.0 Å². The zero-order valence-corrected chi connectivity index (χ0v) is 11.6. The van der Waals surface area contributed by atoms with Crippen molar-refractivity contribution in [3.05, 3.63) is 70.8 Å². The highest BCUT2D eigenvalue weighted by Gasteiger charge is 2.49. The molecule has 0 saturated carbocycles. The van der Waals surface area contributed by atoms with Gasteiger partial charge in [-0.15, -0.1) is 0 Å². The van der Waals surface area contributed by atoms with Gasteiger partial charge in [0.05, 0.1) is 7.11 Å². The van der Waals surface area contributed by atoms with Crippen molar-refractivity contribution in [3.63, 3.8) is 0 Å². The van der Waals surface area contributed by atoms with Crippen molar-refractivity contribution < 1.29 is 29.2 Å². The van der Waals surface area contributed by atoms with E-state index in [1.54, 1.807) is 48.5 Å². The molecule has 1 aliphatic carbocycles. The Labute approximate surface area is 125 Å². The van der Waals surface area contributed by atoms with Crippen LogP contribution in [0, 0.1) is 0 Å². The molecule has 0 bridgehead atoms. The second-order valence-electron chi connectivity index (χ2n) is 4.68. The van der Waals surface area contributed by atoms with Crippen molar-refractivity contribution in [2.45, 2.75) is 5.79 Å². The minimum absolute atomic E-state index is 0.228. The molecule has 2 aromatic rings. The van der Waals surface area contributed by atoms with Crippen molar-refractivity contribution in [2.75, 3.05) is 7.11 Å². The molecule has 0 amide bonds. The van der Waals surface area contributed by atoms with Crippen LogP contribution >= 0.6 is 0 Å². The fourth-order valence-electron chi connectivity index (χ4n) is 2.61. The molecule has 2 aromatic carbocycles. The fourth-order valence-corrected chi connectivity index (χ4v) is 2.61. The van der Waals surface area contributed by atoms with Gasteiger partial charge in [0.2, 0.25) is 0 Å². The minimum Gasteiger partial charge on any atom is -0.438 e. The molecule has 1 N–H and O–H groups in total. The number of carbonyl (C=O) groups excluding carboxylic acids is 2. The van der Waals surface area contributed by atoms with Gasteiger partial charge in [-0.25, -0.2) is 10.1 Å². The van der Waals surface area contributed by atoms with Crippen molar-refractivity contribution in [1.29, 1.82) is 0 Å². The molecule has 6 heteroatoms. The number of hydrogen-bond donors (Lipinski definition) is 1. The predicted octanol–water partition coefficient (Wildman–Crippen LogP) is 2.70. The number of benzene rings is 2. The molecule has 0 fully saturated rings. The van der Waals surface area contributed by atoms with E-state index in [0.29, 0.717) is 0 Å². The summed E-state index contributed by atoms with van der Waals surface area (Å²) in [7, 11) is 1.14. The van der Waals surface area contributed by atoms with E-state index in [9.17, 15) is 14.8 Å². The molecule has 0 aromatic heterocycles. The second-order valence-corrected chi connectivity index (χ2v) is 4.68. The van der Waals surface area contributed by atoms with Crippen LogP contribution < -0.4 is 0 Å². The number of carbonyl (C=O) groups is 2. The molecule has 0 atom stereocenters. The first-order valence-electron chi connectivity index (χ1n) is 6.47. The van der Waals surface area contributed by atoms with Gasteiger partial charge in [0.25, 0.3) is 0 Å². The Morgan fingerprint density at radius 2 is 1.50 bits per heavy atom. The maximum Gasteiger partial charge on any atom is 0.511 e. The third kappa shape index (κ3) is 1.89. The lowest BCUT2D eigenvalue weighted by atomic mass is 9.80. The Bertz CT molecular complexity index is 702. The van der Waals surface area contributed by atoms with Crippen LogP contribution in [0.4, 0.5) is 4.79 Å². The number of methoxy groups -OCH3 is 1. The Kier molecular flexibility index (Phi) is 3.40. The Hall–Kier alpha value is -2.70. The van der Waals surface area contributed by atoms with Crippen LogP contribution in [-0.2, 0) is 20.1 Å². The molecule has 0 aliphatic heterocycles. The van der Waals surface area contributed by atoms with E-state index >= 15 is 0 Å². The number of ketones is 1. The summed E-state index contributed by atoms with van der Waals surface area (Å²) < 4.78 is 9.69. The topological polar surface area (TPSA) is 82.1 Å². The number of ether oxygens (including phenoxy) is 2. The van der Waals surface area contributed by atoms with Crippen LogP contribution in [0.5, 0.6) is 0 Å². The normalized spacial score (nSPS) is 14.7. The summed E-state index contributed by atoms with van der Waals surface area (Å²) in [4.78, 5) is 28.8. The van der Waals surface area contributed by atoms with Gasteiger partial charge in [-0.3, -0.25) is 4.79 Å². The highest BCUT2D eigenvalue weighted by atomic mass is 17.2. The first kappa shape index (κ1) is 14.2. The first-order chi connectivity index (χ1) is 10.6. The lowest BCUT2D eigenvalue weighted by Gasteiger charge is -2.35. The average Bonchev–Trinajstić information content (AvgIpc) is 2.58. The van der Waals surface area contributed by atoms with Crippen LogP contribution in [-0.4, -0.2) is 24.3 Å². The summed E-state index contributed by atoms with van der Waals surface area (Å²) in [6, 6.07) is 12.9. The van der Waals surface area contributed by atoms with Gasteiger partial charge in [0, 0.05) is 22.3 Å². The third-order valence-electron chi connectivity index (χ3n) is 3.57. The summed E-state index contributed by atoms with van der Waals surface area (Å²) in [5.41, 5.74) is 1.01. The van der Waals surface area contributed by atoms with E-state index in [0.717, 1.165) is 7.11 Å². The molecule has 6 nitrogen and oxygen atoms in total. The van der Waals surface area contributed by atoms with Crippen molar-refractivity contribution in [1.82, 2.24) is 0 Å². The van der Waals surface area contributed by atoms with Gasteiger partial charge in [0.15, 0.2) is 5.78 Å². The molecule has 22 heavy (non-hydrogen) atoms. The van der Waals surface area contributed by atoms with E-state index < -0.39 is 11.9 Å². The molecule has 1 aliphatic rings. The van der Waals surface area contributed by atoms with Crippen molar-refractivity contribution in [3.8, 4) is 0 Å². The fraction of sp³-hybridized carbons (Fsp3) is 0.125. The highest BCUT2D eigenvalue weighted by Crippen LogP contribution is 2.43. The SMILES string of the molecule is COC(=O)OC1(OO)c2ccccc2C(=O)c2ccccc21. The van der Waals surface area contributed by atoms with Gasteiger partial charge >= 0.3 is 11.9 Å². The van der Waals surface area contributed by atoms with Gasteiger partial charge < -0.3 is 9.47 Å². The molecule has 0 heterocycles. The summed E-state index contributed by atoms with van der Waals surface area (Å²) in [5.74, 6) is -2.19. The molecular formula is C16H12O6. The second kappa shape index (κ2) is 5.25. The van der Waals surface area contributed by atoms with Gasteiger partial charge in [-0.1, -0.05) is 48.5 Å². The summed E-state index contributed by atoms with van der Waals surface area (Å²) >= 11 is 0. The largest absolute Gasteiger partial charge is 0.511 e. The van der Waals surface area contributed by atoms with Crippen LogP contribution in [0.2, 0.25) is 0 Å². The zero-order valence-electron chi connectivity index (χ0n) is 11.6. The predicted molar refractivity (Wildman–Crippen MR) is 74.3 cm³/mol. The maximum atomic E-state index is 12.6. The van der Waals surface area contributed by atoms with E-state index in [1.165, 1.54) is 0 Å². The standard InChI is InChI=1S/C16H12O6/c1-20-15(18)21-16(22-19)12-8-4-2-6-10(12)14(17)11-7-3-5-9-13(11)16/h2-9,19H,1H3. The first-order valence-corrected chi connectivity index (χ1v) is 6.47. The monoisotopic (exact) mass is 300 g/mol.